The molecule has 0 aromatic carbocycles. The third kappa shape index (κ3) is 2.96. The number of rotatable bonds is 3. The van der Waals surface area contributed by atoms with Crippen LogP contribution < -0.4 is 5.43 Å². The first-order valence-corrected chi connectivity index (χ1v) is 5.94. The summed E-state index contributed by atoms with van der Waals surface area (Å²) >= 11 is 0. The number of hydrogen-bond acceptors (Lipinski definition) is 6. The molecule has 1 aromatic rings. The van der Waals surface area contributed by atoms with Crippen molar-refractivity contribution in [3.05, 3.63) is 23.9 Å². The van der Waals surface area contributed by atoms with Crippen LogP contribution in [-0.2, 0) is 4.74 Å². The van der Waals surface area contributed by atoms with E-state index < -0.39 is 0 Å². The molecule has 6 nitrogen and oxygen atoms in total. The van der Waals surface area contributed by atoms with Gasteiger partial charge in [-0.3, -0.25) is 0 Å². The van der Waals surface area contributed by atoms with Crippen molar-refractivity contribution < 1.29 is 9.53 Å². The van der Waals surface area contributed by atoms with Crippen molar-refractivity contribution in [3.8, 4) is 0 Å². The first-order valence-electron chi connectivity index (χ1n) is 5.94. The van der Waals surface area contributed by atoms with Crippen LogP contribution in [0.4, 0.5) is 5.82 Å². The number of anilines is 1. The Morgan fingerprint density at radius 2 is 2.11 bits per heavy atom. The summed E-state index contributed by atoms with van der Waals surface area (Å²) < 4.78 is 4.74. The summed E-state index contributed by atoms with van der Waals surface area (Å²) in [5.74, 6) is 0.175. The van der Waals surface area contributed by atoms with Gasteiger partial charge in [-0.2, -0.15) is 0 Å². The number of methoxy groups -OCH3 is 1. The predicted molar refractivity (Wildman–Crippen MR) is 68.3 cm³/mol. The molecular formula is C12H18N4O2. The van der Waals surface area contributed by atoms with E-state index in [4.69, 9.17) is 4.74 Å². The van der Waals surface area contributed by atoms with Gasteiger partial charge in [-0.05, 0) is 19.2 Å². The lowest BCUT2D eigenvalue weighted by Crippen LogP contribution is -2.47. The molecule has 1 aliphatic rings. The number of pyridine rings is 1. The smallest absolute Gasteiger partial charge is 0.341 e. The highest BCUT2D eigenvalue weighted by molar-refractivity contribution is 5.94. The standard InChI is InChI=1S/C12H18N4O2/c1-15-6-8-16(9-7-15)14-11-10(12(17)18-2)4-3-5-13-11/h3-5H,6-9H2,1-2H3,(H,13,14). The van der Waals surface area contributed by atoms with E-state index >= 15 is 0 Å². The number of likely N-dealkylation sites (N-methyl/N-ethyl adjacent to an activating group) is 1. The fourth-order valence-corrected chi connectivity index (χ4v) is 1.84. The number of carbonyl (C=O) groups excluding carboxylic acids is 1. The van der Waals surface area contributed by atoms with E-state index in [1.54, 1.807) is 18.3 Å². The van der Waals surface area contributed by atoms with Crippen LogP contribution in [0.2, 0.25) is 0 Å². The summed E-state index contributed by atoms with van der Waals surface area (Å²) in [5, 5.41) is 2.06. The van der Waals surface area contributed by atoms with E-state index in [-0.39, 0.29) is 5.97 Å². The molecule has 2 heterocycles. The SMILES string of the molecule is COC(=O)c1cccnc1NN1CCN(C)CC1. The lowest BCUT2D eigenvalue weighted by atomic mass is 10.2. The first kappa shape index (κ1) is 12.8. The van der Waals surface area contributed by atoms with Crippen LogP contribution in [0.5, 0.6) is 0 Å². The van der Waals surface area contributed by atoms with Crippen LogP contribution in [0.15, 0.2) is 18.3 Å². The van der Waals surface area contributed by atoms with Gasteiger partial charge in [0.15, 0.2) is 5.82 Å². The summed E-state index contributed by atoms with van der Waals surface area (Å²) in [5.41, 5.74) is 3.64. The normalized spacial score (nSPS) is 17.4. The highest BCUT2D eigenvalue weighted by Gasteiger charge is 2.17. The molecule has 2 rings (SSSR count). The first-order chi connectivity index (χ1) is 8.70. The average molecular weight is 250 g/mol. The molecule has 0 saturated carbocycles. The Bertz CT molecular complexity index is 416. The fraction of sp³-hybridized carbons (Fsp3) is 0.500. The van der Waals surface area contributed by atoms with Gasteiger partial charge in [-0.1, -0.05) is 0 Å². The zero-order chi connectivity index (χ0) is 13.0. The third-order valence-corrected chi connectivity index (χ3v) is 2.98. The van der Waals surface area contributed by atoms with E-state index in [0.29, 0.717) is 11.4 Å². The molecule has 0 bridgehead atoms. The molecule has 18 heavy (non-hydrogen) atoms. The van der Waals surface area contributed by atoms with Gasteiger partial charge in [-0.15, -0.1) is 0 Å². The molecule has 1 saturated heterocycles. The van der Waals surface area contributed by atoms with Gasteiger partial charge in [0, 0.05) is 32.4 Å². The molecule has 6 heteroatoms. The highest BCUT2D eigenvalue weighted by Crippen LogP contribution is 2.14. The second-order valence-electron chi connectivity index (χ2n) is 4.29. The summed E-state index contributed by atoms with van der Waals surface area (Å²) in [4.78, 5) is 18.1. The second-order valence-corrected chi connectivity index (χ2v) is 4.29. The number of aromatic nitrogens is 1. The van der Waals surface area contributed by atoms with Crippen molar-refractivity contribution in [1.82, 2.24) is 14.9 Å². The van der Waals surface area contributed by atoms with Gasteiger partial charge in [-0.25, -0.2) is 14.8 Å². The van der Waals surface area contributed by atoms with Crippen molar-refractivity contribution in [2.75, 3.05) is 45.8 Å². The molecule has 0 unspecified atom stereocenters. The minimum absolute atomic E-state index is 0.375. The summed E-state index contributed by atoms with van der Waals surface area (Å²) in [6.07, 6.45) is 1.66. The van der Waals surface area contributed by atoms with Gasteiger partial charge in [0.2, 0.25) is 0 Å². The zero-order valence-corrected chi connectivity index (χ0v) is 10.7. The monoisotopic (exact) mass is 250 g/mol. The predicted octanol–water partition coefficient (Wildman–Crippen LogP) is 0.442. The van der Waals surface area contributed by atoms with Gasteiger partial charge in [0.05, 0.1) is 7.11 Å². The third-order valence-electron chi connectivity index (χ3n) is 2.98. The molecule has 0 spiro atoms. The maximum atomic E-state index is 11.6. The minimum Gasteiger partial charge on any atom is -0.465 e. The molecule has 0 atom stereocenters. The van der Waals surface area contributed by atoms with Crippen LogP contribution in [0, 0.1) is 0 Å². The lowest BCUT2D eigenvalue weighted by molar-refractivity contribution is 0.0600. The molecule has 1 aliphatic heterocycles. The Morgan fingerprint density at radius 3 is 2.78 bits per heavy atom. The van der Waals surface area contributed by atoms with Crippen LogP contribution in [0.1, 0.15) is 10.4 Å². The highest BCUT2D eigenvalue weighted by atomic mass is 16.5. The maximum absolute atomic E-state index is 11.6. The molecular weight excluding hydrogens is 232 g/mol. The Balaban J connectivity index is 2.07. The second kappa shape index (κ2) is 5.79. The van der Waals surface area contributed by atoms with Gasteiger partial charge >= 0.3 is 5.97 Å². The number of esters is 1. The molecule has 1 fully saturated rings. The Labute approximate surface area is 107 Å². The number of hydrazine groups is 1. The van der Waals surface area contributed by atoms with Crippen LogP contribution >= 0.6 is 0 Å². The topological polar surface area (TPSA) is 57.7 Å². The Hall–Kier alpha value is -1.66. The number of piperazine rings is 1. The van der Waals surface area contributed by atoms with E-state index in [1.807, 2.05) is 0 Å². The van der Waals surface area contributed by atoms with Crippen molar-refractivity contribution >= 4 is 11.8 Å². The van der Waals surface area contributed by atoms with Gasteiger partial charge in [0.1, 0.15) is 5.56 Å². The number of hydrogen-bond donors (Lipinski definition) is 1. The van der Waals surface area contributed by atoms with Gasteiger partial charge in [0.25, 0.3) is 0 Å². The number of carbonyl (C=O) groups is 1. The lowest BCUT2D eigenvalue weighted by Gasteiger charge is -2.32. The van der Waals surface area contributed by atoms with E-state index in [9.17, 15) is 4.79 Å². The van der Waals surface area contributed by atoms with Crippen LogP contribution in [0.25, 0.3) is 0 Å². The summed E-state index contributed by atoms with van der Waals surface area (Å²) in [7, 11) is 3.47. The van der Waals surface area contributed by atoms with E-state index in [2.05, 4.69) is 27.4 Å². The quantitative estimate of drug-likeness (QED) is 0.786. The Morgan fingerprint density at radius 1 is 1.39 bits per heavy atom. The van der Waals surface area contributed by atoms with Crippen molar-refractivity contribution in [2.24, 2.45) is 0 Å². The van der Waals surface area contributed by atoms with Crippen molar-refractivity contribution in [2.45, 2.75) is 0 Å². The van der Waals surface area contributed by atoms with Gasteiger partial charge < -0.3 is 15.1 Å². The zero-order valence-electron chi connectivity index (χ0n) is 10.7. The van der Waals surface area contributed by atoms with Crippen molar-refractivity contribution in [1.29, 1.82) is 0 Å². The molecule has 98 valence electrons. The fourth-order valence-electron chi connectivity index (χ4n) is 1.84. The molecule has 0 aliphatic carbocycles. The molecule has 0 amide bonds. The van der Waals surface area contributed by atoms with E-state index in [1.165, 1.54) is 7.11 Å². The van der Waals surface area contributed by atoms with Crippen molar-refractivity contribution in [3.63, 3.8) is 0 Å². The Kier molecular flexibility index (Phi) is 4.11. The van der Waals surface area contributed by atoms with Crippen LogP contribution in [-0.4, -0.2) is 61.2 Å². The maximum Gasteiger partial charge on any atom is 0.341 e. The number of nitrogens with one attached hydrogen (secondary N) is 1. The molecule has 0 radical (unpaired) electrons. The largest absolute Gasteiger partial charge is 0.465 e. The molecule has 1 aromatic heterocycles. The summed E-state index contributed by atoms with van der Waals surface area (Å²) in [6, 6.07) is 3.43. The number of ether oxygens (including phenoxy) is 1. The minimum atomic E-state index is -0.375. The average Bonchev–Trinajstić information content (AvgIpc) is 2.41. The number of nitrogens with zero attached hydrogens (tertiary/aromatic N) is 3. The summed E-state index contributed by atoms with van der Waals surface area (Å²) in [6.45, 7) is 3.78. The van der Waals surface area contributed by atoms with E-state index in [0.717, 1.165) is 26.2 Å². The molecule has 1 N–H and O–H groups in total. The van der Waals surface area contributed by atoms with Crippen LogP contribution in [0.3, 0.4) is 0 Å².